The maximum atomic E-state index is 13.0. The van der Waals surface area contributed by atoms with Gasteiger partial charge in [0.25, 0.3) is 0 Å². The molecule has 0 bridgehead atoms. The van der Waals surface area contributed by atoms with E-state index in [1.54, 1.807) is 0 Å². The molecule has 0 atom stereocenters. The molecule has 15 heavy (non-hydrogen) atoms. The van der Waals surface area contributed by atoms with Crippen LogP contribution in [-0.2, 0) is 0 Å². The summed E-state index contributed by atoms with van der Waals surface area (Å²) in [5.41, 5.74) is 5.18. The van der Waals surface area contributed by atoms with E-state index in [-0.39, 0.29) is 11.3 Å². The van der Waals surface area contributed by atoms with Gasteiger partial charge in [0.1, 0.15) is 11.4 Å². The summed E-state index contributed by atoms with van der Waals surface area (Å²) in [7, 11) is 0. The summed E-state index contributed by atoms with van der Waals surface area (Å²) in [5.74, 6) is -1.94. The van der Waals surface area contributed by atoms with Crippen molar-refractivity contribution in [2.75, 3.05) is 17.6 Å². The molecule has 0 spiro atoms. The van der Waals surface area contributed by atoms with Crippen LogP contribution >= 0.6 is 0 Å². The quantitative estimate of drug-likeness (QED) is 0.666. The minimum absolute atomic E-state index is 0.205. The molecule has 0 fully saturated rings. The van der Waals surface area contributed by atoms with Gasteiger partial charge in [-0.3, -0.25) is 0 Å². The lowest BCUT2D eigenvalue weighted by molar-refractivity contribution is 0.0698. The molecule has 0 aliphatic rings. The number of aromatic carboxylic acids is 1. The number of rotatable bonds is 4. The molecule has 82 valence electrons. The van der Waals surface area contributed by atoms with Gasteiger partial charge in [0.05, 0.1) is 11.4 Å². The Kier molecular flexibility index (Phi) is 3.49. The van der Waals surface area contributed by atoms with Gasteiger partial charge in [-0.2, -0.15) is 0 Å². The van der Waals surface area contributed by atoms with Crippen molar-refractivity contribution >= 4 is 17.3 Å². The topological polar surface area (TPSA) is 75.3 Å². The van der Waals surface area contributed by atoms with Gasteiger partial charge in [0.15, 0.2) is 0 Å². The zero-order valence-electron chi connectivity index (χ0n) is 8.38. The summed E-state index contributed by atoms with van der Waals surface area (Å²) in [6, 6.07) is 2.53. The summed E-state index contributed by atoms with van der Waals surface area (Å²) in [6.07, 6.45) is 0.844. The summed E-state index contributed by atoms with van der Waals surface area (Å²) >= 11 is 0. The van der Waals surface area contributed by atoms with Crippen LogP contribution in [0.25, 0.3) is 0 Å². The van der Waals surface area contributed by atoms with Crippen molar-refractivity contribution in [2.24, 2.45) is 0 Å². The van der Waals surface area contributed by atoms with Crippen LogP contribution in [0, 0.1) is 5.82 Å². The van der Waals surface area contributed by atoms with E-state index in [2.05, 4.69) is 5.32 Å². The molecule has 1 aromatic rings. The van der Waals surface area contributed by atoms with Gasteiger partial charge in [-0.25, -0.2) is 9.18 Å². The van der Waals surface area contributed by atoms with Crippen molar-refractivity contribution in [3.63, 3.8) is 0 Å². The number of benzene rings is 1. The lowest BCUT2D eigenvalue weighted by atomic mass is 10.1. The number of carbonyl (C=O) groups is 1. The third-order valence-electron chi connectivity index (χ3n) is 1.97. The summed E-state index contributed by atoms with van der Waals surface area (Å²) in [6.45, 7) is 2.56. The number of carboxylic acids is 1. The Morgan fingerprint density at radius 1 is 1.60 bits per heavy atom. The fraction of sp³-hybridized carbons (Fsp3) is 0.300. The lowest BCUT2D eigenvalue weighted by Gasteiger charge is -2.10. The van der Waals surface area contributed by atoms with Crippen molar-refractivity contribution in [2.45, 2.75) is 13.3 Å². The van der Waals surface area contributed by atoms with Crippen molar-refractivity contribution in [1.82, 2.24) is 0 Å². The first-order chi connectivity index (χ1) is 7.07. The zero-order chi connectivity index (χ0) is 11.4. The molecule has 0 aliphatic heterocycles. The van der Waals surface area contributed by atoms with E-state index in [4.69, 9.17) is 10.8 Å². The van der Waals surface area contributed by atoms with E-state index in [9.17, 15) is 9.18 Å². The fourth-order valence-electron chi connectivity index (χ4n) is 1.23. The number of nitrogen functional groups attached to an aromatic ring is 1. The molecular formula is C10H13FN2O2. The lowest BCUT2D eigenvalue weighted by Crippen LogP contribution is -2.11. The molecule has 0 saturated heterocycles. The molecular weight excluding hydrogens is 199 g/mol. The van der Waals surface area contributed by atoms with Crippen LogP contribution in [0.15, 0.2) is 12.1 Å². The number of hydrogen-bond donors (Lipinski definition) is 3. The number of carboxylic acid groups (broad SMARTS) is 1. The Bertz CT molecular complexity index is 380. The molecule has 0 amide bonds. The first-order valence-corrected chi connectivity index (χ1v) is 4.63. The third kappa shape index (κ3) is 2.37. The van der Waals surface area contributed by atoms with Crippen LogP contribution in [-0.4, -0.2) is 17.6 Å². The average Bonchev–Trinajstić information content (AvgIpc) is 2.19. The Balaban J connectivity index is 3.15. The minimum atomic E-state index is -1.23. The number of halogens is 1. The van der Waals surface area contributed by atoms with Gasteiger partial charge in [-0.1, -0.05) is 6.92 Å². The van der Waals surface area contributed by atoms with E-state index >= 15 is 0 Å². The Morgan fingerprint density at radius 2 is 2.27 bits per heavy atom. The molecule has 0 unspecified atom stereocenters. The Hall–Kier alpha value is -1.78. The number of nitrogens with two attached hydrogens (primary N) is 1. The van der Waals surface area contributed by atoms with Crippen molar-refractivity contribution in [1.29, 1.82) is 0 Å². The first kappa shape index (κ1) is 11.3. The standard InChI is InChI=1S/C10H13FN2O2/c1-2-5-13-7-4-3-6(11)9(12)8(7)10(14)15/h3-4,13H,2,5,12H2,1H3,(H,14,15). The smallest absolute Gasteiger partial charge is 0.340 e. The largest absolute Gasteiger partial charge is 0.478 e. The second-order valence-corrected chi connectivity index (χ2v) is 3.12. The molecule has 4 N–H and O–H groups in total. The monoisotopic (exact) mass is 212 g/mol. The van der Waals surface area contributed by atoms with Gasteiger partial charge in [0, 0.05) is 6.54 Å². The summed E-state index contributed by atoms with van der Waals surface area (Å²) in [5, 5.41) is 11.8. The van der Waals surface area contributed by atoms with Crippen LogP contribution in [0.1, 0.15) is 23.7 Å². The SMILES string of the molecule is CCCNc1ccc(F)c(N)c1C(=O)O. The fourth-order valence-corrected chi connectivity index (χ4v) is 1.23. The highest BCUT2D eigenvalue weighted by molar-refractivity contribution is 6.00. The molecule has 0 radical (unpaired) electrons. The van der Waals surface area contributed by atoms with Gasteiger partial charge < -0.3 is 16.2 Å². The van der Waals surface area contributed by atoms with E-state index in [1.165, 1.54) is 6.07 Å². The maximum Gasteiger partial charge on any atom is 0.340 e. The van der Waals surface area contributed by atoms with Crippen LogP contribution in [0.3, 0.4) is 0 Å². The second kappa shape index (κ2) is 4.63. The predicted octanol–water partition coefficient (Wildman–Crippen LogP) is 1.93. The van der Waals surface area contributed by atoms with Crippen molar-refractivity contribution < 1.29 is 14.3 Å². The maximum absolute atomic E-state index is 13.0. The highest BCUT2D eigenvalue weighted by Crippen LogP contribution is 2.24. The first-order valence-electron chi connectivity index (χ1n) is 4.63. The third-order valence-corrected chi connectivity index (χ3v) is 1.97. The molecule has 1 rings (SSSR count). The molecule has 0 heterocycles. The summed E-state index contributed by atoms with van der Waals surface area (Å²) in [4.78, 5) is 10.9. The van der Waals surface area contributed by atoms with E-state index in [1.807, 2.05) is 6.92 Å². The Morgan fingerprint density at radius 3 is 2.80 bits per heavy atom. The van der Waals surface area contributed by atoms with E-state index in [0.29, 0.717) is 12.2 Å². The van der Waals surface area contributed by atoms with E-state index < -0.39 is 11.8 Å². The van der Waals surface area contributed by atoms with Gasteiger partial charge >= 0.3 is 5.97 Å². The predicted molar refractivity (Wildman–Crippen MR) is 56.6 cm³/mol. The normalized spacial score (nSPS) is 10.0. The molecule has 4 nitrogen and oxygen atoms in total. The van der Waals surface area contributed by atoms with Crippen LogP contribution in [0.5, 0.6) is 0 Å². The van der Waals surface area contributed by atoms with Crippen LogP contribution < -0.4 is 11.1 Å². The van der Waals surface area contributed by atoms with Crippen molar-refractivity contribution in [3.8, 4) is 0 Å². The molecule has 0 saturated carbocycles. The van der Waals surface area contributed by atoms with Gasteiger partial charge in [-0.15, -0.1) is 0 Å². The molecule has 0 aromatic heterocycles. The Labute approximate surface area is 86.9 Å². The van der Waals surface area contributed by atoms with Gasteiger partial charge in [-0.05, 0) is 18.6 Å². The number of anilines is 2. The highest BCUT2D eigenvalue weighted by Gasteiger charge is 2.16. The molecule has 0 aliphatic carbocycles. The van der Waals surface area contributed by atoms with Crippen LogP contribution in [0.2, 0.25) is 0 Å². The van der Waals surface area contributed by atoms with E-state index in [0.717, 1.165) is 12.5 Å². The summed E-state index contributed by atoms with van der Waals surface area (Å²) < 4.78 is 13.0. The van der Waals surface area contributed by atoms with Crippen LogP contribution in [0.4, 0.5) is 15.8 Å². The number of hydrogen-bond acceptors (Lipinski definition) is 3. The second-order valence-electron chi connectivity index (χ2n) is 3.12. The molecule has 1 aromatic carbocycles. The highest BCUT2D eigenvalue weighted by atomic mass is 19.1. The average molecular weight is 212 g/mol. The van der Waals surface area contributed by atoms with Gasteiger partial charge in [0.2, 0.25) is 0 Å². The molecule has 5 heteroatoms. The number of nitrogens with one attached hydrogen (secondary N) is 1. The van der Waals surface area contributed by atoms with Crippen molar-refractivity contribution in [3.05, 3.63) is 23.5 Å². The zero-order valence-corrected chi connectivity index (χ0v) is 8.38. The minimum Gasteiger partial charge on any atom is -0.478 e.